The molecule has 23 heavy (non-hydrogen) atoms. The van der Waals surface area contributed by atoms with Crippen LogP contribution in [0.15, 0.2) is 24.4 Å². The van der Waals surface area contributed by atoms with Crippen LogP contribution in [0.2, 0.25) is 0 Å². The Bertz CT molecular complexity index is 700. The first-order valence-corrected chi connectivity index (χ1v) is 7.81. The van der Waals surface area contributed by atoms with Crippen LogP contribution in [-0.4, -0.2) is 36.7 Å². The van der Waals surface area contributed by atoms with Crippen LogP contribution in [0.5, 0.6) is 5.75 Å². The Kier molecular flexibility index (Phi) is 4.28. The van der Waals surface area contributed by atoms with Crippen molar-refractivity contribution in [1.82, 2.24) is 4.98 Å². The molecule has 2 heterocycles. The Hall–Kier alpha value is -2.05. The number of rotatable bonds is 5. The summed E-state index contributed by atoms with van der Waals surface area (Å²) in [7, 11) is 0. The minimum Gasteiger partial charge on any atom is -0.462 e. The van der Waals surface area contributed by atoms with Gasteiger partial charge in [-0.3, -0.25) is 0 Å². The average Bonchev–Trinajstić information content (AvgIpc) is 3.14. The van der Waals surface area contributed by atoms with Gasteiger partial charge >= 0.3 is 11.9 Å². The lowest BCUT2D eigenvalue weighted by molar-refractivity contribution is -0.310. The van der Waals surface area contributed by atoms with Crippen molar-refractivity contribution >= 4 is 16.9 Å². The molecule has 0 aliphatic carbocycles. The molecular formula is C17H21NO5. The molecule has 1 saturated heterocycles. The van der Waals surface area contributed by atoms with Crippen LogP contribution in [0.3, 0.4) is 0 Å². The highest BCUT2D eigenvalue weighted by Crippen LogP contribution is 2.33. The second-order valence-electron chi connectivity index (χ2n) is 5.69. The maximum atomic E-state index is 12.0. The van der Waals surface area contributed by atoms with Crippen molar-refractivity contribution in [3.63, 3.8) is 0 Å². The highest BCUT2D eigenvalue weighted by Gasteiger charge is 2.43. The Labute approximate surface area is 134 Å². The van der Waals surface area contributed by atoms with Gasteiger partial charge in [0, 0.05) is 23.0 Å². The predicted molar refractivity (Wildman–Crippen MR) is 84.4 cm³/mol. The first-order chi connectivity index (χ1) is 11.1. The lowest BCUT2D eigenvalue weighted by Gasteiger charge is -2.31. The van der Waals surface area contributed by atoms with E-state index in [9.17, 15) is 4.79 Å². The van der Waals surface area contributed by atoms with Crippen LogP contribution in [0.1, 0.15) is 31.1 Å². The summed E-state index contributed by atoms with van der Waals surface area (Å²) in [5, 5.41) is 0.748. The van der Waals surface area contributed by atoms with Gasteiger partial charge in [0.2, 0.25) is 0 Å². The number of aromatic amines is 1. The summed E-state index contributed by atoms with van der Waals surface area (Å²) in [6.45, 7) is 7.06. The van der Waals surface area contributed by atoms with Gasteiger partial charge in [-0.1, -0.05) is 13.8 Å². The molecule has 0 unspecified atom stereocenters. The molecule has 1 N–H and O–H groups in total. The van der Waals surface area contributed by atoms with Crippen LogP contribution < -0.4 is 4.74 Å². The summed E-state index contributed by atoms with van der Waals surface area (Å²) in [5.41, 5.74) is 1.33. The maximum Gasteiger partial charge on any atom is 0.340 e. The van der Waals surface area contributed by atoms with E-state index in [4.69, 9.17) is 18.9 Å². The number of fused-ring (bicyclic) bond motifs is 1. The summed E-state index contributed by atoms with van der Waals surface area (Å²) in [6.07, 6.45) is 1.65. The third-order valence-corrected chi connectivity index (χ3v) is 3.81. The molecule has 6 nitrogen and oxygen atoms in total. The normalized spacial score (nSPS) is 16.9. The zero-order valence-electron chi connectivity index (χ0n) is 13.5. The SMILES string of the molecule is CCOC(=O)c1c[nH]c2ccc(OC3(C(C)C)OCCO3)cc12. The van der Waals surface area contributed by atoms with E-state index in [-0.39, 0.29) is 11.9 Å². The van der Waals surface area contributed by atoms with E-state index in [0.717, 1.165) is 10.9 Å². The van der Waals surface area contributed by atoms with Gasteiger partial charge in [-0.25, -0.2) is 4.79 Å². The standard InChI is InChI=1S/C17H21NO5/c1-4-20-16(19)14-10-18-15-6-5-12(9-13(14)15)23-17(11(2)3)21-7-8-22-17/h5-6,9-11,18H,4,7-8H2,1-3H3. The van der Waals surface area contributed by atoms with Gasteiger partial charge in [-0.2, -0.15) is 0 Å². The molecular weight excluding hydrogens is 298 g/mol. The molecule has 0 amide bonds. The van der Waals surface area contributed by atoms with Gasteiger partial charge in [-0.15, -0.1) is 0 Å². The van der Waals surface area contributed by atoms with Gasteiger partial charge in [0.25, 0.3) is 0 Å². The smallest absolute Gasteiger partial charge is 0.340 e. The van der Waals surface area contributed by atoms with Crippen molar-refractivity contribution in [1.29, 1.82) is 0 Å². The van der Waals surface area contributed by atoms with Crippen LogP contribution >= 0.6 is 0 Å². The third-order valence-electron chi connectivity index (χ3n) is 3.81. The van der Waals surface area contributed by atoms with Gasteiger partial charge < -0.3 is 23.9 Å². The monoisotopic (exact) mass is 319 g/mol. The van der Waals surface area contributed by atoms with Crippen molar-refractivity contribution in [3.8, 4) is 5.75 Å². The zero-order valence-corrected chi connectivity index (χ0v) is 13.5. The molecule has 1 fully saturated rings. The third kappa shape index (κ3) is 2.92. The van der Waals surface area contributed by atoms with E-state index in [1.807, 2.05) is 26.0 Å². The van der Waals surface area contributed by atoms with Gasteiger partial charge in [0.05, 0.1) is 25.4 Å². The molecule has 0 saturated carbocycles. The van der Waals surface area contributed by atoms with E-state index in [1.54, 1.807) is 19.2 Å². The summed E-state index contributed by atoms with van der Waals surface area (Å²) >= 11 is 0. The molecule has 1 aromatic carbocycles. The van der Waals surface area contributed by atoms with Crippen molar-refractivity contribution in [2.45, 2.75) is 26.7 Å². The number of ether oxygens (including phenoxy) is 4. The number of H-pyrrole nitrogens is 1. The lowest BCUT2D eigenvalue weighted by atomic mass is 10.1. The molecule has 1 aliphatic rings. The zero-order chi connectivity index (χ0) is 16.4. The fraction of sp³-hybridized carbons (Fsp3) is 0.471. The fourth-order valence-corrected chi connectivity index (χ4v) is 2.62. The Morgan fingerprint density at radius 2 is 2.09 bits per heavy atom. The van der Waals surface area contributed by atoms with E-state index in [2.05, 4.69) is 4.98 Å². The minimum absolute atomic E-state index is 0.0245. The van der Waals surface area contributed by atoms with Crippen LogP contribution in [-0.2, 0) is 14.2 Å². The second-order valence-corrected chi connectivity index (χ2v) is 5.69. The molecule has 6 heteroatoms. The van der Waals surface area contributed by atoms with E-state index in [0.29, 0.717) is 31.1 Å². The molecule has 0 radical (unpaired) electrons. The summed E-state index contributed by atoms with van der Waals surface area (Å²) in [6, 6.07) is 5.48. The van der Waals surface area contributed by atoms with Crippen molar-refractivity contribution < 1.29 is 23.7 Å². The quantitative estimate of drug-likeness (QED) is 0.858. The predicted octanol–water partition coefficient (Wildman–Crippen LogP) is 3.08. The Balaban J connectivity index is 1.93. The van der Waals surface area contributed by atoms with Gasteiger partial charge in [-0.05, 0) is 25.1 Å². The van der Waals surface area contributed by atoms with E-state index >= 15 is 0 Å². The van der Waals surface area contributed by atoms with Crippen molar-refractivity contribution in [2.75, 3.05) is 19.8 Å². The molecule has 1 aliphatic heterocycles. The molecule has 1 aromatic heterocycles. The highest BCUT2D eigenvalue weighted by atomic mass is 16.9. The number of nitrogens with one attached hydrogen (secondary N) is 1. The van der Waals surface area contributed by atoms with Gasteiger partial charge in [0.15, 0.2) is 0 Å². The molecule has 0 spiro atoms. The molecule has 3 rings (SSSR count). The molecule has 2 aromatic rings. The maximum absolute atomic E-state index is 12.0. The number of hydrogen-bond acceptors (Lipinski definition) is 5. The molecule has 0 bridgehead atoms. The first kappa shape index (κ1) is 15.8. The highest BCUT2D eigenvalue weighted by molar-refractivity contribution is 6.04. The van der Waals surface area contributed by atoms with E-state index in [1.165, 1.54) is 0 Å². The van der Waals surface area contributed by atoms with Crippen LogP contribution in [0.25, 0.3) is 10.9 Å². The van der Waals surface area contributed by atoms with Crippen LogP contribution in [0, 0.1) is 5.92 Å². The number of esters is 1. The topological polar surface area (TPSA) is 69.8 Å². The largest absolute Gasteiger partial charge is 0.462 e. The number of benzene rings is 1. The molecule has 124 valence electrons. The van der Waals surface area contributed by atoms with Crippen molar-refractivity contribution in [3.05, 3.63) is 30.0 Å². The Morgan fingerprint density at radius 1 is 1.35 bits per heavy atom. The summed E-state index contributed by atoms with van der Waals surface area (Å²) < 4.78 is 22.4. The minimum atomic E-state index is -1.08. The number of carbonyl (C=O) groups excluding carboxylic acids is 1. The summed E-state index contributed by atoms with van der Waals surface area (Å²) in [4.78, 5) is 15.1. The average molecular weight is 319 g/mol. The fourth-order valence-electron chi connectivity index (χ4n) is 2.62. The lowest BCUT2D eigenvalue weighted by Crippen LogP contribution is -2.42. The van der Waals surface area contributed by atoms with Crippen LogP contribution in [0.4, 0.5) is 0 Å². The summed E-state index contributed by atoms with van der Waals surface area (Å²) in [5.74, 6) is -0.828. The number of carbonyl (C=O) groups is 1. The first-order valence-electron chi connectivity index (χ1n) is 7.81. The molecule has 0 atom stereocenters. The van der Waals surface area contributed by atoms with Crippen molar-refractivity contribution in [2.24, 2.45) is 5.92 Å². The number of aromatic nitrogens is 1. The second kappa shape index (κ2) is 6.22. The Morgan fingerprint density at radius 3 is 2.74 bits per heavy atom. The number of hydrogen-bond donors (Lipinski definition) is 1. The van der Waals surface area contributed by atoms with Gasteiger partial charge in [0.1, 0.15) is 5.75 Å². The van der Waals surface area contributed by atoms with E-state index < -0.39 is 5.97 Å².